The van der Waals surface area contributed by atoms with E-state index in [-0.39, 0.29) is 11.9 Å². The molecule has 1 saturated heterocycles. The highest BCUT2D eigenvalue weighted by Gasteiger charge is 2.31. The molecule has 1 amide bonds. The number of nitrogens with zero attached hydrogens (tertiary/aromatic N) is 2. The van der Waals surface area contributed by atoms with Crippen molar-refractivity contribution in [1.29, 1.82) is 0 Å². The van der Waals surface area contributed by atoms with Crippen LogP contribution in [0.5, 0.6) is 0 Å². The Morgan fingerprint density at radius 3 is 2.81 bits per heavy atom. The zero-order chi connectivity index (χ0) is 12.1. The fourth-order valence-corrected chi connectivity index (χ4v) is 1.88. The Bertz CT molecular complexity index is 230. The third-order valence-corrected chi connectivity index (χ3v) is 3.35. The second-order valence-electron chi connectivity index (χ2n) is 4.93. The van der Waals surface area contributed by atoms with Crippen LogP contribution in [0.2, 0.25) is 0 Å². The highest BCUT2D eigenvalue weighted by atomic mass is 16.2. The smallest absolute Gasteiger partial charge is 0.240 e. The number of likely N-dealkylation sites (N-methyl/N-ethyl adjacent to an activating group) is 1. The molecule has 0 aromatic carbocycles. The highest BCUT2D eigenvalue weighted by molar-refractivity contribution is 5.83. The summed E-state index contributed by atoms with van der Waals surface area (Å²) in [6.07, 6.45) is 3.25. The molecular formula is C12H25N3O. The number of carbonyl (C=O) groups is 1. The van der Waals surface area contributed by atoms with Crippen LogP contribution >= 0.6 is 0 Å². The Kier molecular flexibility index (Phi) is 5.22. The first-order valence-electron chi connectivity index (χ1n) is 6.24. The molecule has 0 saturated carbocycles. The third-order valence-electron chi connectivity index (χ3n) is 3.35. The molecule has 1 aliphatic rings. The fourth-order valence-electron chi connectivity index (χ4n) is 1.88. The van der Waals surface area contributed by atoms with Crippen LogP contribution in [0, 0.1) is 0 Å². The van der Waals surface area contributed by atoms with E-state index in [9.17, 15) is 4.79 Å². The lowest BCUT2D eigenvalue weighted by molar-refractivity contribution is -0.129. The Morgan fingerprint density at radius 1 is 1.56 bits per heavy atom. The van der Waals surface area contributed by atoms with Gasteiger partial charge >= 0.3 is 0 Å². The summed E-state index contributed by atoms with van der Waals surface area (Å²) < 4.78 is 0. The molecule has 0 aromatic rings. The summed E-state index contributed by atoms with van der Waals surface area (Å²) in [5.74, 6) is 0.280. The lowest BCUT2D eigenvalue weighted by atomic mass is 10.1. The van der Waals surface area contributed by atoms with E-state index < -0.39 is 0 Å². The van der Waals surface area contributed by atoms with Crippen molar-refractivity contribution in [2.24, 2.45) is 0 Å². The summed E-state index contributed by atoms with van der Waals surface area (Å²) >= 11 is 0. The van der Waals surface area contributed by atoms with Gasteiger partial charge in [0.2, 0.25) is 5.91 Å². The van der Waals surface area contributed by atoms with E-state index in [0.29, 0.717) is 12.7 Å². The van der Waals surface area contributed by atoms with Crippen LogP contribution in [-0.4, -0.2) is 55.1 Å². The number of unbranched alkanes of at least 4 members (excludes halogenated alkanes) is 1. The first kappa shape index (κ1) is 13.5. The molecule has 4 heteroatoms. The minimum atomic E-state index is 0.0642. The Hall–Kier alpha value is -0.610. The number of carbonyl (C=O) groups excluding carboxylic acids is 1. The molecular weight excluding hydrogens is 202 g/mol. The maximum absolute atomic E-state index is 12.0. The van der Waals surface area contributed by atoms with Gasteiger partial charge in [-0.25, -0.2) is 0 Å². The van der Waals surface area contributed by atoms with Crippen molar-refractivity contribution in [3.8, 4) is 0 Å². The van der Waals surface area contributed by atoms with Gasteiger partial charge in [-0.2, -0.15) is 0 Å². The summed E-state index contributed by atoms with van der Waals surface area (Å²) in [6.45, 7) is 5.84. The predicted molar refractivity (Wildman–Crippen MR) is 66.2 cm³/mol. The first-order chi connectivity index (χ1) is 7.56. The van der Waals surface area contributed by atoms with Crippen LogP contribution in [-0.2, 0) is 4.79 Å². The number of hydrogen-bond donors (Lipinski definition) is 1. The average Bonchev–Trinajstić information content (AvgIpc) is 2.57. The van der Waals surface area contributed by atoms with E-state index in [1.165, 1.54) is 0 Å². The van der Waals surface area contributed by atoms with Gasteiger partial charge in [0.1, 0.15) is 0 Å². The second kappa shape index (κ2) is 6.21. The maximum atomic E-state index is 12.0. The van der Waals surface area contributed by atoms with E-state index in [1.807, 2.05) is 19.0 Å². The molecule has 0 spiro atoms. The third kappa shape index (κ3) is 3.46. The van der Waals surface area contributed by atoms with Crippen molar-refractivity contribution in [2.45, 2.75) is 45.2 Å². The fraction of sp³-hybridized carbons (Fsp3) is 0.917. The predicted octanol–water partition coefficient (Wildman–Crippen LogP) is 0.885. The molecule has 1 fully saturated rings. The molecule has 0 radical (unpaired) electrons. The van der Waals surface area contributed by atoms with E-state index >= 15 is 0 Å². The van der Waals surface area contributed by atoms with Gasteiger partial charge in [0, 0.05) is 12.6 Å². The Balaban J connectivity index is 2.38. The first-order valence-corrected chi connectivity index (χ1v) is 6.24. The molecule has 0 aliphatic carbocycles. The van der Waals surface area contributed by atoms with Gasteiger partial charge in [-0.15, -0.1) is 0 Å². The van der Waals surface area contributed by atoms with Gasteiger partial charge in [-0.3, -0.25) is 10.1 Å². The van der Waals surface area contributed by atoms with Gasteiger partial charge in [-0.1, -0.05) is 19.8 Å². The molecule has 0 aromatic heterocycles. The standard InChI is InChI=1S/C12H25N3O/c1-5-6-7-11-12(16)15(9-13-11)8-10(2)14(3)4/h10-11,13H,5-9H2,1-4H3. The summed E-state index contributed by atoms with van der Waals surface area (Å²) in [5, 5.41) is 3.29. The van der Waals surface area contributed by atoms with E-state index in [4.69, 9.17) is 0 Å². The van der Waals surface area contributed by atoms with Gasteiger partial charge in [0.05, 0.1) is 12.7 Å². The molecule has 16 heavy (non-hydrogen) atoms. The van der Waals surface area contributed by atoms with Gasteiger partial charge in [-0.05, 0) is 27.4 Å². The number of rotatable bonds is 6. The summed E-state index contributed by atoms with van der Waals surface area (Å²) in [7, 11) is 4.10. The lowest BCUT2D eigenvalue weighted by Gasteiger charge is -2.25. The molecule has 94 valence electrons. The van der Waals surface area contributed by atoms with Gasteiger partial charge in [0.25, 0.3) is 0 Å². The molecule has 1 rings (SSSR count). The van der Waals surface area contributed by atoms with Crippen molar-refractivity contribution in [2.75, 3.05) is 27.3 Å². The van der Waals surface area contributed by atoms with Crippen LogP contribution < -0.4 is 5.32 Å². The summed E-state index contributed by atoms with van der Waals surface area (Å²) in [6, 6.07) is 0.477. The van der Waals surface area contributed by atoms with E-state index in [0.717, 1.165) is 25.8 Å². The normalized spacial score (nSPS) is 23.2. The zero-order valence-corrected chi connectivity index (χ0v) is 11.0. The van der Waals surface area contributed by atoms with Crippen LogP contribution in [0.1, 0.15) is 33.1 Å². The second-order valence-corrected chi connectivity index (χ2v) is 4.93. The summed E-state index contributed by atoms with van der Waals surface area (Å²) in [4.78, 5) is 16.1. The molecule has 1 heterocycles. The average molecular weight is 227 g/mol. The SMILES string of the molecule is CCCCC1NCN(CC(C)N(C)C)C1=O. The number of hydrogen-bond acceptors (Lipinski definition) is 3. The topological polar surface area (TPSA) is 35.6 Å². The molecule has 4 nitrogen and oxygen atoms in total. The molecule has 2 unspecified atom stereocenters. The quantitative estimate of drug-likeness (QED) is 0.732. The Morgan fingerprint density at radius 2 is 2.25 bits per heavy atom. The highest BCUT2D eigenvalue weighted by Crippen LogP contribution is 2.11. The van der Waals surface area contributed by atoms with Gasteiger partial charge in [0.15, 0.2) is 0 Å². The van der Waals surface area contributed by atoms with E-state index in [2.05, 4.69) is 24.1 Å². The minimum absolute atomic E-state index is 0.0642. The molecule has 1 aliphatic heterocycles. The largest absolute Gasteiger partial charge is 0.327 e. The zero-order valence-electron chi connectivity index (χ0n) is 11.0. The number of amides is 1. The van der Waals surface area contributed by atoms with Crippen LogP contribution in [0.4, 0.5) is 0 Å². The minimum Gasteiger partial charge on any atom is -0.327 e. The van der Waals surface area contributed by atoms with Crippen molar-refractivity contribution < 1.29 is 4.79 Å². The maximum Gasteiger partial charge on any atom is 0.240 e. The molecule has 2 atom stereocenters. The number of nitrogens with one attached hydrogen (secondary N) is 1. The molecule has 0 bridgehead atoms. The lowest BCUT2D eigenvalue weighted by Crippen LogP contribution is -2.40. The Labute approximate surface area is 99.0 Å². The molecule has 1 N–H and O–H groups in total. The van der Waals surface area contributed by atoms with Gasteiger partial charge < -0.3 is 9.80 Å². The van der Waals surface area contributed by atoms with Crippen LogP contribution in [0.3, 0.4) is 0 Å². The summed E-state index contributed by atoms with van der Waals surface area (Å²) in [5.41, 5.74) is 0. The monoisotopic (exact) mass is 227 g/mol. The van der Waals surface area contributed by atoms with Crippen molar-refractivity contribution in [3.05, 3.63) is 0 Å². The van der Waals surface area contributed by atoms with E-state index in [1.54, 1.807) is 0 Å². The van der Waals surface area contributed by atoms with Crippen LogP contribution in [0.15, 0.2) is 0 Å². The van der Waals surface area contributed by atoms with Crippen LogP contribution in [0.25, 0.3) is 0 Å². The van der Waals surface area contributed by atoms with Crippen molar-refractivity contribution in [3.63, 3.8) is 0 Å². The van der Waals surface area contributed by atoms with Crippen molar-refractivity contribution in [1.82, 2.24) is 15.1 Å². The van der Waals surface area contributed by atoms with Crippen molar-refractivity contribution >= 4 is 5.91 Å².